The van der Waals surface area contributed by atoms with Crippen LogP contribution in [0.4, 0.5) is 0 Å². The van der Waals surface area contributed by atoms with Crippen LogP contribution in [0.2, 0.25) is 0 Å². The lowest BCUT2D eigenvalue weighted by atomic mass is 10.0. The number of amides is 1. The van der Waals surface area contributed by atoms with Crippen molar-refractivity contribution in [3.63, 3.8) is 0 Å². The van der Waals surface area contributed by atoms with Gasteiger partial charge in [-0.2, -0.15) is 0 Å². The van der Waals surface area contributed by atoms with Gasteiger partial charge < -0.3 is 15.0 Å². The molecule has 1 unspecified atom stereocenters. The summed E-state index contributed by atoms with van der Waals surface area (Å²) in [5.74, 6) is -0.121. The molecule has 0 aliphatic carbocycles. The van der Waals surface area contributed by atoms with E-state index >= 15 is 0 Å². The molecule has 18 heavy (non-hydrogen) atoms. The monoisotopic (exact) mass is 252 g/mol. The Morgan fingerprint density at radius 3 is 2.78 bits per heavy atom. The molecule has 0 saturated carbocycles. The van der Waals surface area contributed by atoms with Crippen LogP contribution in [0, 0.1) is 0 Å². The highest BCUT2D eigenvalue weighted by Gasteiger charge is 2.21. The second-order valence-corrected chi connectivity index (χ2v) is 5.02. The van der Waals surface area contributed by atoms with E-state index < -0.39 is 5.60 Å². The highest BCUT2D eigenvalue weighted by molar-refractivity contribution is 5.92. The lowest BCUT2D eigenvalue weighted by molar-refractivity contribution is 0.0467. The summed E-state index contributed by atoms with van der Waals surface area (Å²) in [6.07, 6.45) is 4.48. The van der Waals surface area contributed by atoms with Crippen molar-refractivity contribution in [1.29, 1.82) is 0 Å². The molecule has 0 saturated heterocycles. The quantitative estimate of drug-likeness (QED) is 0.781. The van der Waals surface area contributed by atoms with Crippen molar-refractivity contribution in [2.24, 2.45) is 0 Å². The topological polar surface area (TPSA) is 54.3 Å². The zero-order valence-corrected chi connectivity index (χ0v) is 11.6. The summed E-state index contributed by atoms with van der Waals surface area (Å²) >= 11 is 0. The second-order valence-electron chi connectivity index (χ2n) is 5.02. The van der Waals surface area contributed by atoms with E-state index in [-0.39, 0.29) is 12.5 Å². The smallest absolute Gasteiger partial charge is 0.268 e. The van der Waals surface area contributed by atoms with Gasteiger partial charge in [-0.15, -0.1) is 0 Å². The Labute approximate surface area is 109 Å². The minimum atomic E-state index is -0.827. The average Bonchev–Trinajstić information content (AvgIpc) is 2.75. The van der Waals surface area contributed by atoms with Crippen LogP contribution in [-0.2, 0) is 6.54 Å². The maximum absolute atomic E-state index is 12.0. The fourth-order valence-corrected chi connectivity index (χ4v) is 2.04. The molecule has 1 aromatic heterocycles. The standard InChI is InChI=1S/C14H24N2O2/c1-4-8-14(3,18)11-15-13(17)12-7-6-10-16(12)9-5-2/h6-7,10,18H,4-5,8-9,11H2,1-3H3,(H,15,17). The molecule has 0 radical (unpaired) electrons. The zero-order chi connectivity index (χ0) is 13.6. The number of carbonyl (C=O) groups is 1. The van der Waals surface area contributed by atoms with Crippen LogP contribution in [-0.4, -0.2) is 27.7 Å². The highest BCUT2D eigenvalue weighted by Crippen LogP contribution is 2.11. The van der Waals surface area contributed by atoms with E-state index in [1.807, 2.05) is 23.8 Å². The maximum atomic E-state index is 12.0. The van der Waals surface area contributed by atoms with Gasteiger partial charge in [-0.3, -0.25) is 4.79 Å². The first-order valence-corrected chi connectivity index (χ1v) is 6.66. The number of aliphatic hydroxyl groups is 1. The first-order chi connectivity index (χ1) is 8.50. The van der Waals surface area contributed by atoms with Gasteiger partial charge in [0, 0.05) is 19.3 Å². The molecule has 102 valence electrons. The first-order valence-electron chi connectivity index (χ1n) is 6.66. The number of carbonyl (C=O) groups excluding carboxylic acids is 1. The number of hydrogen-bond acceptors (Lipinski definition) is 2. The van der Waals surface area contributed by atoms with Gasteiger partial charge in [0.1, 0.15) is 5.69 Å². The summed E-state index contributed by atoms with van der Waals surface area (Å²) in [7, 11) is 0. The van der Waals surface area contributed by atoms with Gasteiger partial charge in [-0.05, 0) is 31.9 Å². The minimum absolute atomic E-state index is 0.121. The normalized spacial score (nSPS) is 14.2. The van der Waals surface area contributed by atoms with Crippen LogP contribution in [0.1, 0.15) is 50.5 Å². The summed E-state index contributed by atoms with van der Waals surface area (Å²) in [5, 5.41) is 12.8. The summed E-state index contributed by atoms with van der Waals surface area (Å²) in [6, 6.07) is 3.67. The molecular formula is C14H24N2O2. The lowest BCUT2D eigenvalue weighted by Gasteiger charge is -2.23. The predicted octanol–water partition coefficient (Wildman–Crippen LogP) is 2.18. The van der Waals surface area contributed by atoms with E-state index in [9.17, 15) is 9.90 Å². The van der Waals surface area contributed by atoms with Gasteiger partial charge in [0.25, 0.3) is 5.91 Å². The van der Waals surface area contributed by atoms with Crippen molar-refractivity contribution in [3.8, 4) is 0 Å². The second kappa shape index (κ2) is 6.59. The Hall–Kier alpha value is -1.29. The maximum Gasteiger partial charge on any atom is 0.268 e. The molecule has 0 bridgehead atoms. The third kappa shape index (κ3) is 4.18. The molecule has 1 aromatic rings. The molecule has 2 N–H and O–H groups in total. The third-order valence-corrected chi connectivity index (χ3v) is 2.95. The highest BCUT2D eigenvalue weighted by atomic mass is 16.3. The summed E-state index contributed by atoms with van der Waals surface area (Å²) in [5.41, 5.74) is -0.170. The van der Waals surface area contributed by atoms with Crippen molar-refractivity contribution in [3.05, 3.63) is 24.0 Å². The van der Waals surface area contributed by atoms with Crippen molar-refractivity contribution in [2.75, 3.05) is 6.54 Å². The summed E-state index contributed by atoms with van der Waals surface area (Å²) < 4.78 is 1.93. The molecule has 0 spiro atoms. The Kier molecular flexibility index (Phi) is 5.41. The van der Waals surface area contributed by atoms with Gasteiger partial charge in [0.05, 0.1) is 5.60 Å². The number of aromatic nitrogens is 1. The predicted molar refractivity (Wildman–Crippen MR) is 72.6 cm³/mol. The fourth-order valence-electron chi connectivity index (χ4n) is 2.04. The van der Waals surface area contributed by atoms with E-state index in [1.165, 1.54) is 0 Å². The number of nitrogens with zero attached hydrogens (tertiary/aromatic N) is 1. The number of hydrogen-bond donors (Lipinski definition) is 2. The van der Waals surface area contributed by atoms with Crippen molar-refractivity contribution < 1.29 is 9.90 Å². The molecule has 0 aromatic carbocycles. The van der Waals surface area contributed by atoms with Crippen LogP contribution in [0.5, 0.6) is 0 Å². The third-order valence-electron chi connectivity index (χ3n) is 2.95. The molecule has 0 aliphatic rings. The van der Waals surface area contributed by atoms with Crippen LogP contribution >= 0.6 is 0 Å². The van der Waals surface area contributed by atoms with Crippen LogP contribution < -0.4 is 5.32 Å². The number of nitrogens with one attached hydrogen (secondary N) is 1. The number of rotatable bonds is 7. The molecule has 0 aliphatic heterocycles. The van der Waals surface area contributed by atoms with Crippen LogP contribution in [0.15, 0.2) is 18.3 Å². The van der Waals surface area contributed by atoms with Crippen molar-refractivity contribution in [2.45, 2.75) is 52.2 Å². The first kappa shape index (κ1) is 14.8. The molecule has 1 heterocycles. The van der Waals surface area contributed by atoms with Crippen LogP contribution in [0.3, 0.4) is 0 Å². The fraction of sp³-hybridized carbons (Fsp3) is 0.643. The van der Waals surface area contributed by atoms with E-state index in [0.717, 1.165) is 19.4 Å². The summed E-state index contributed by atoms with van der Waals surface area (Å²) in [4.78, 5) is 12.0. The van der Waals surface area contributed by atoms with E-state index in [4.69, 9.17) is 0 Å². The van der Waals surface area contributed by atoms with Gasteiger partial charge >= 0.3 is 0 Å². The SMILES string of the molecule is CCCn1cccc1C(=O)NCC(C)(O)CCC. The molecular weight excluding hydrogens is 228 g/mol. The molecule has 1 atom stereocenters. The summed E-state index contributed by atoms with van der Waals surface area (Å²) in [6.45, 7) is 6.97. The average molecular weight is 252 g/mol. The zero-order valence-electron chi connectivity index (χ0n) is 11.6. The van der Waals surface area contributed by atoms with Gasteiger partial charge in [-0.25, -0.2) is 0 Å². The molecule has 4 nitrogen and oxygen atoms in total. The minimum Gasteiger partial charge on any atom is -0.388 e. The van der Waals surface area contributed by atoms with E-state index in [2.05, 4.69) is 12.2 Å². The Morgan fingerprint density at radius 2 is 2.17 bits per heavy atom. The molecule has 0 fully saturated rings. The molecule has 1 amide bonds. The lowest BCUT2D eigenvalue weighted by Crippen LogP contribution is -2.41. The molecule has 1 rings (SSSR count). The van der Waals surface area contributed by atoms with E-state index in [0.29, 0.717) is 12.1 Å². The Balaban J connectivity index is 2.57. The Bertz CT molecular complexity index is 383. The Morgan fingerprint density at radius 1 is 1.44 bits per heavy atom. The van der Waals surface area contributed by atoms with Crippen molar-refractivity contribution in [1.82, 2.24) is 9.88 Å². The van der Waals surface area contributed by atoms with Gasteiger partial charge in [0.15, 0.2) is 0 Å². The van der Waals surface area contributed by atoms with E-state index in [1.54, 1.807) is 13.0 Å². The van der Waals surface area contributed by atoms with Gasteiger partial charge in [0.2, 0.25) is 0 Å². The van der Waals surface area contributed by atoms with Gasteiger partial charge in [-0.1, -0.05) is 20.3 Å². The molecule has 4 heteroatoms. The van der Waals surface area contributed by atoms with Crippen LogP contribution in [0.25, 0.3) is 0 Å². The number of aryl methyl sites for hydroxylation is 1. The largest absolute Gasteiger partial charge is 0.388 e. The van der Waals surface area contributed by atoms with Crippen molar-refractivity contribution >= 4 is 5.91 Å².